The number of piperidine rings is 1. The van der Waals surface area contributed by atoms with Gasteiger partial charge in [-0.2, -0.15) is 4.98 Å². The SMILES string of the molecule is COc1cc2nc(N3CCN(C)CC3)nc(N(C)C3CCN(Cc4ccccc4)CC3)c2cc1OC. The maximum Gasteiger partial charge on any atom is 0.227 e. The number of benzene rings is 2. The topological polar surface area (TPSA) is 57.2 Å². The van der Waals surface area contributed by atoms with Crippen LogP contribution in [0.1, 0.15) is 18.4 Å². The van der Waals surface area contributed by atoms with Crippen LogP contribution in [0.15, 0.2) is 42.5 Å². The molecule has 0 atom stereocenters. The van der Waals surface area contributed by atoms with Crippen LogP contribution < -0.4 is 19.3 Å². The molecule has 8 nitrogen and oxygen atoms in total. The summed E-state index contributed by atoms with van der Waals surface area (Å²) in [5.74, 6) is 3.16. The van der Waals surface area contributed by atoms with Crippen molar-refractivity contribution in [3.05, 3.63) is 48.0 Å². The van der Waals surface area contributed by atoms with Crippen molar-refractivity contribution in [1.29, 1.82) is 0 Å². The molecular formula is C28H38N6O2. The highest BCUT2D eigenvalue weighted by Gasteiger charge is 2.27. The van der Waals surface area contributed by atoms with Gasteiger partial charge in [-0.15, -0.1) is 0 Å². The van der Waals surface area contributed by atoms with E-state index in [2.05, 4.69) is 64.0 Å². The third-order valence-corrected chi connectivity index (χ3v) is 7.64. The highest BCUT2D eigenvalue weighted by Crippen LogP contribution is 2.37. The van der Waals surface area contributed by atoms with E-state index < -0.39 is 0 Å². The first-order chi connectivity index (χ1) is 17.6. The van der Waals surface area contributed by atoms with Crippen LogP contribution in [-0.4, -0.2) is 93.4 Å². The van der Waals surface area contributed by atoms with Crippen LogP contribution in [0.4, 0.5) is 11.8 Å². The molecule has 0 spiro atoms. The fourth-order valence-corrected chi connectivity index (χ4v) is 5.32. The molecule has 0 unspecified atom stereocenters. The predicted octanol–water partition coefficient (Wildman–Crippen LogP) is 3.50. The summed E-state index contributed by atoms with van der Waals surface area (Å²) in [5.41, 5.74) is 2.27. The van der Waals surface area contributed by atoms with Gasteiger partial charge in [0, 0.05) is 70.4 Å². The lowest BCUT2D eigenvalue weighted by Gasteiger charge is -2.38. The number of ether oxygens (including phenoxy) is 2. The minimum Gasteiger partial charge on any atom is -0.493 e. The summed E-state index contributed by atoms with van der Waals surface area (Å²) in [4.78, 5) is 19.7. The molecule has 2 fully saturated rings. The number of aromatic nitrogens is 2. The van der Waals surface area contributed by atoms with Crippen molar-refractivity contribution >= 4 is 22.7 Å². The van der Waals surface area contributed by atoms with Crippen LogP contribution in [0.25, 0.3) is 10.9 Å². The predicted molar refractivity (Wildman–Crippen MR) is 145 cm³/mol. The minimum absolute atomic E-state index is 0.420. The van der Waals surface area contributed by atoms with Gasteiger partial charge in [0.15, 0.2) is 11.5 Å². The highest BCUT2D eigenvalue weighted by atomic mass is 16.5. The number of fused-ring (bicyclic) bond motifs is 1. The van der Waals surface area contributed by atoms with E-state index >= 15 is 0 Å². The number of likely N-dealkylation sites (N-methyl/N-ethyl adjacent to an activating group) is 1. The molecule has 0 radical (unpaired) electrons. The summed E-state index contributed by atoms with van der Waals surface area (Å²) in [6.07, 6.45) is 2.21. The smallest absolute Gasteiger partial charge is 0.227 e. The Kier molecular flexibility index (Phi) is 7.43. The van der Waals surface area contributed by atoms with Crippen molar-refractivity contribution in [3.8, 4) is 11.5 Å². The highest BCUT2D eigenvalue weighted by molar-refractivity contribution is 5.93. The van der Waals surface area contributed by atoms with E-state index in [-0.39, 0.29) is 0 Å². The van der Waals surface area contributed by atoms with E-state index in [1.807, 2.05) is 12.1 Å². The molecule has 1 aromatic heterocycles. The Balaban J connectivity index is 1.42. The number of likely N-dealkylation sites (tertiary alicyclic amines) is 1. The third kappa shape index (κ3) is 5.20. The zero-order valence-corrected chi connectivity index (χ0v) is 22.0. The molecule has 192 valence electrons. The summed E-state index contributed by atoms with van der Waals surface area (Å²) >= 11 is 0. The van der Waals surface area contributed by atoms with Gasteiger partial charge < -0.3 is 24.2 Å². The number of nitrogens with zero attached hydrogens (tertiary/aromatic N) is 6. The molecule has 0 amide bonds. The van der Waals surface area contributed by atoms with Crippen molar-refractivity contribution in [2.45, 2.75) is 25.4 Å². The quantitative estimate of drug-likeness (QED) is 0.499. The first-order valence-corrected chi connectivity index (χ1v) is 12.9. The van der Waals surface area contributed by atoms with Gasteiger partial charge in [0.1, 0.15) is 5.82 Å². The second kappa shape index (κ2) is 10.9. The molecule has 0 N–H and O–H groups in total. The molecule has 0 aliphatic carbocycles. The van der Waals surface area contributed by atoms with Crippen molar-refractivity contribution in [2.75, 3.05) is 77.4 Å². The monoisotopic (exact) mass is 490 g/mol. The van der Waals surface area contributed by atoms with Gasteiger partial charge in [-0.25, -0.2) is 4.98 Å². The molecular weight excluding hydrogens is 452 g/mol. The Labute approximate surface area is 214 Å². The number of methoxy groups -OCH3 is 2. The van der Waals surface area contributed by atoms with Crippen LogP contribution in [0.5, 0.6) is 11.5 Å². The summed E-state index contributed by atoms with van der Waals surface area (Å²) in [7, 11) is 7.69. The van der Waals surface area contributed by atoms with Crippen molar-refractivity contribution in [3.63, 3.8) is 0 Å². The lowest BCUT2D eigenvalue weighted by molar-refractivity contribution is 0.203. The maximum absolute atomic E-state index is 5.63. The third-order valence-electron chi connectivity index (χ3n) is 7.64. The molecule has 0 saturated carbocycles. The minimum atomic E-state index is 0.420. The zero-order valence-electron chi connectivity index (χ0n) is 22.0. The Morgan fingerprint density at radius 1 is 0.889 bits per heavy atom. The number of hydrogen-bond acceptors (Lipinski definition) is 8. The van der Waals surface area contributed by atoms with Crippen molar-refractivity contribution in [1.82, 2.24) is 19.8 Å². The first kappa shape index (κ1) is 24.6. The molecule has 2 saturated heterocycles. The van der Waals surface area contributed by atoms with Gasteiger partial charge in [-0.3, -0.25) is 4.90 Å². The van der Waals surface area contributed by atoms with Crippen LogP contribution in [0.3, 0.4) is 0 Å². The lowest BCUT2D eigenvalue weighted by Crippen LogP contribution is -2.46. The van der Waals surface area contributed by atoms with Gasteiger partial charge in [-0.05, 0) is 31.5 Å². The van der Waals surface area contributed by atoms with Crippen LogP contribution in [0.2, 0.25) is 0 Å². The van der Waals surface area contributed by atoms with E-state index in [0.717, 1.165) is 81.3 Å². The molecule has 2 aliphatic rings. The van der Waals surface area contributed by atoms with Crippen molar-refractivity contribution in [2.24, 2.45) is 0 Å². The standard InChI is InChI=1S/C28H38N6O2/c1-31-14-16-34(17-15-31)28-29-24-19-26(36-4)25(35-3)18-23(24)27(30-28)32(2)22-10-12-33(13-11-22)20-21-8-6-5-7-9-21/h5-9,18-19,22H,10-17,20H2,1-4H3. The fraction of sp³-hybridized carbons (Fsp3) is 0.500. The van der Waals surface area contributed by atoms with Crippen LogP contribution in [-0.2, 0) is 6.54 Å². The summed E-state index contributed by atoms with van der Waals surface area (Å²) in [5, 5.41) is 1.000. The van der Waals surface area contributed by atoms with E-state index in [0.29, 0.717) is 17.5 Å². The van der Waals surface area contributed by atoms with Gasteiger partial charge in [0.2, 0.25) is 5.95 Å². The summed E-state index contributed by atoms with van der Waals surface area (Å²) in [6.45, 7) is 7.05. The summed E-state index contributed by atoms with van der Waals surface area (Å²) in [6, 6.07) is 15.2. The molecule has 8 heteroatoms. The number of hydrogen-bond donors (Lipinski definition) is 0. The fourth-order valence-electron chi connectivity index (χ4n) is 5.32. The molecule has 36 heavy (non-hydrogen) atoms. The van der Waals surface area contributed by atoms with Gasteiger partial charge in [-0.1, -0.05) is 30.3 Å². The first-order valence-electron chi connectivity index (χ1n) is 12.9. The Morgan fingerprint density at radius 2 is 1.56 bits per heavy atom. The number of piperazine rings is 1. The average molecular weight is 491 g/mol. The van der Waals surface area contributed by atoms with E-state index in [1.165, 1.54) is 5.56 Å². The molecule has 5 rings (SSSR count). The van der Waals surface area contributed by atoms with Crippen molar-refractivity contribution < 1.29 is 9.47 Å². The molecule has 0 bridgehead atoms. The molecule has 3 aromatic rings. The largest absolute Gasteiger partial charge is 0.493 e. The van der Waals surface area contributed by atoms with Gasteiger partial charge >= 0.3 is 0 Å². The van der Waals surface area contributed by atoms with E-state index in [4.69, 9.17) is 19.4 Å². The second-order valence-corrected chi connectivity index (χ2v) is 9.97. The number of rotatable bonds is 7. The van der Waals surface area contributed by atoms with Gasteiger partial charge in [0.25, 0.3) is 0 Å². The summed E-state index contributed by atoms with van der Waals surface area (Å²) < 4.78 is 11.2. The van der Waals surface area contributed by atoms with Crippen LogP contribution >= 0.6 is 0 Å². The maximum atomic E-state index is 5.63. The van der Waals surface area contributed by atoms with Gasteiger partial charge in [0.05, 0.1) is 19.7 Å². The normalized spacial score (nSPS) is 17.9. The molecule has 3 heterocycles. The zero-order chi connectivity index (χ0) is 25.1. The van der Waals surface area contributed by atoms with E-state index in [1.54, 1.807) is 14.2 Å². The Bertz CT molecular complexity index is 1160. The lowest BCUT2D eigenvalue weighted by atomic mass is 10.0. The average Bonchev–Trinajstić information content (AvgIpc) is 2.92. The number of anilines is 2. The Hall–Kier alpha value is -3.10. The molecule has 2 aromatic carbocycles. The van der Waals surface area contributed by atoms with Crippen LogP contribution in [0, 0.1) is 0 Å². The van der Waals surface area contributed by atoms with E-state index in [9.17, 15) is 0 Å². The Morgan fingerprint density at radius 3 is 2.22 bits per heavy atom. The second-order valence-electron chi connectivity index (χ2n) is 9.97. The molecule has 2 aliphatic heterocycles.